The SMILES string of the molecule is O=C(O)c1ccc(CNC(=O)N2CCCc3occc3C2)cc1. The van der Waals surface area contributed by atoms with Gasteiger partial charge in [-0.15, -0.1) is 0 Å². The average molecular weight is 314 g/mol. The summed E-state index contributed by atoms with van der Waals surface area (Å²) in [5.74, 6) is 0.00521. The molecule has 2 amide bonds. The number of aromatic carboxylic acids is 1. The predicted molar refractivity (Wildman–Crippen MR) is 83.1 cm³/mol. The Hall–Kier alpha value is -2.76. The zero-order valence-electron chi connectivity index (χ0n) is 12.6. The minimum absolute atomic E-state index is 0.124. The number of aryl methyl sites for hydroxylation is 1. The molecule has 0 aliphatic carbocycles. The second-order valence-corrected chi connectivity index (χ2v) is 5.55. The molecule has 3 rings (SSSR count). The first kappa shape index (κ1) is 15.1. The number of carbonyl (C=O) groups excluding carboxylic acids is 1. The molecule has 2 N–H and O–H groups in total. The molecular weight excluding hydrogens is 296 g/mol. The summed E-state index contributed by atoms with van der Waals surface area (Å²) in [6.45, 7) is 1.61. The van der Waals surface area contributed by atoms with Gasteiger partial charge in [0.1, 0.15) is 5.76 Å². The van der Waals surface area contributed by atoms with Crippen LogP contribution in [0, 0.1) is 0 Å². The van der Waals surface area contributed by atoms with Crippen molar-refractivity contribution in [3.05, 3.63) is 59.0 Å². The molecule has 0 saturated heterocycles. The van der Waals surface area contributed by atoms with E-state index in [1.54, 1.807) is 23.3 Å². The third-order valence-corrected chi connectivity index (χ3v) is 3.96. The van der Waals surface area contributed by atoms with Gasteiger partial charge in [-0.25, -0.2) is 9.59 Å². The lowest BCUT2D eigenvalue weighted by atomic mass is 10.1. The molecule has 120 valence electrons. The molecule has 6 heteroatoms. The van der Waals surface area contributed by atoms with E-state index in [9.17, 15) is 9.59 Å². The third kappa shape index (κ3) is 3.53. The molecule has 0 bridgehead atoms. The van der Waals surface area contributed by atoms with Crippen LogP contribution in [-0.4, -0.2) is 28.6 Å². The number of amides is 2. The zero-order chi connectivity index (χ0) is 16.2. The molecule has 0 saturated carbocycles. The number of carboxylic acids is 1. The number of urea groups is 1. The van der Waals surface area contributed by atoms with Gasteiger partial charge in [-0.1, -0.05) is 12.1 Å². The number of fused-ring (bicyclic) bond motifs is 1. The van der Waals surface area contributed by atoms with Crippen LogP contribution in [0.5, 0.6) is 0 Å². The highest BCUT2D eigenvalue weighted by atomic mass is 16.4. The van der Waals surface area contributed by atoms with Crippen LogP contribution < -0.4 is 5.32 Å². The van der Waals surface area contributed by atoms with Crippen LogP contribution in [0.2, 0.25) is 0 Å². The zero-order valence-corrected chi connectivity index (χ0v) is 12.6. The predicted octanol–water partition coefficient (Wildman–Crippen LogP) is 2.64. The van der Waals surface area contributed by atoms with Crippen molar-refractivity contribution < 1.29 is 19.1 Å². The minimum atomic E-state index is -0.957. The van der Waals surface area contributed by atoms with E-state index in [1.165, 1.54) is 12.1 Å². The topological polar surface area (TPSA) is 82.8 Å². The highest BCUT2D eigenvalue weighted by molar-refractivity contribution is 5.87. The van der Waals surface area contributed by atoms with Crippen molar-refractivity contribution in [2.45, 2.75) is 25.9 Å². The fourth-order valence-electron chi connectivity index (χ4n) is 2.67. The van der Waals surface area contributed by atoms with Crippen molar-refractivity contribution in [2.24, 2.45) is 0 Å². The Morgan fingerprint density at radius 3 is 2.74 bits per heavy atom. The van der Waals surface area contributed by atoms with Gasteiger partial charge in [0.05, 0.1) is 18.4 Å². The maximum atomic E-state index is 12.3. The summed E-state index contributed by atoms with van der Waals surface area (Å²) in [4.78, 5) is 24.9. The van der Waals surface area contributed by atoms with E-state index in [0.717, 1.165) is 29.7 Å². The lowest BCUT2D eigenvalue weighted by Gasteiger charge is -2.21. The highest BCUT2D eigenvalue weighted by Gasteiger charge is 2.20. The van der Waals surface area contributed by atoms with Crippen molar-refractivity contribution in [2.75, 3.05) is 6.54 Å². The van der Waals surface area contributed by atoms with Crippen LogP contribution >= 0.6 is 0 Å². The summed E-state index contributed by atoms with van der Waals surface area (Å²) in [6.07, 6.45) is 3.39. The molecule has 0 unspecified atom stereocenters. The van der Waals surface area contributed by atoms with E-state index in [0.29, 0.717) is 19.6 Å². The first-order chi connectivity index (χ1) is 11.1. The van der Waals surface area contributed by atoms with E-state index < -0.39 is 5.97 Å². The number of carbonyl (C=O) groups is 2. The second-order valence-electron chi connectivity index (χ2n) is 5.55. The fourth-order valence-corrected chi connectivity index (χ4v) is 2.67. The van der Waals surface area contributed by atoms with Crippen molar-refractivity contribution in [3.63, 3.8) is 0 Å². The molecular formula is C17H18N2O4. The molecule has 0 atom stereocenters. The normalized spacial score (nSPS) is 14.0. The lowest BCUT2D eigenvalue weighted by Crippen LogP contribution is -2.39. The molecule has 0 radical (unpaired) electrons. The Morgan fingerprint density at radius 2 is 2.00 bits per heavy atom. The van der Waals surface area contributed by atoms with Gasteiger partial charge in [0.25, 0.3) is 0 Å². The summed E-state index contributed by atoms with van der Waals surface area (Å²) >= 11 is 0. The van der Waals surface area contributed by atoms with E-state index in [2.05, 4.69) is 5.32 Å². The second kappa shape index (κ2) is 6.56. The number of benzene rings is 1. The van der Waals surface area contributed by atoms with E-state index in [-0.39, 0.29) is 11.6 Å². The Labute approximate surface area is 133 Å². The van der Waals surface area contributed by atoms with E-state index in [1.807, 2.05) is 6.07 Å². The minimum Gasteiger partial charge on any atom is -0.478 e. The third-order valence-electron chi connectivity index (χ3n) is 3.96. The molecule has 1 aromatic carbocycles. The molecule has 2 aromatic rings. The highest BCUT2D eigenvalue weighted by Crippen LogP contribution is 2.19. The average Bonchev–Trinajstić information content (AvgIpc) is 2.89. The number of carboxylic acid groups (broad SMARTS) is 1. The Kier molecular flexibility index (Phi) is 4.32. The van der Waals surface area contributed by atoms with Gasteiger partial charge < -0.3 is 19.7 Å². The van der Waals surface area contributed by atoms with Crippen LogP contribution in [0.4, 0.5) is 4.79 Å². The summed E-state index contributed by atoms with van der Waals surface area (Å²) < 4.78 is 5.42. The molecule has 1 aromatic heterocycles. The van der Waals surface area contributed by atoms with Gasteiger partial charge in [0, 0.05) is 25.1 Å². The van der Waals surface area contributed by atoms with Crippen LogP contribution in [0.3, 0.4) is 0 Å². The van der Waals surface area contributed by atoms with Crippen LogP contribution in [0.25, 0.3) is 0 Å². The Bertz CT molecular complexity index is 706. The van der Waals surface area contributed by atoms with Gasteiger partial charge in [0.15, 0.2) is 0 Å². The molecule has 6 nitrogen and oxygen atoms in total. The smallest absolute Gasteiger partial charge is 0.335 e. The Balaban J connectivity index is 1.58. The van der Waals surface area contributed by atoms with E-state index in [4.69, 9.17) is 9.52 Å². The maximum absolute atomic E-state index is 12.3. The quantitative estimate of drug-likeness (QED) is 0.912. The van der Waals surface area contributed by atoms with Crippen LogP contribution in [0.1, 0.15) is 33.7 Å². The van der Waals surface area contributed by atoms with Crippen LogP contribution in [0.15, 0.2) is 41.0 Å². The molecule has 0 fully saturated rings. The first-order valence-electron chi connectivity index (χ1n) is 7.54. The standard InChI is InChI=1S/C17H18N2O4/c20-16(21)13-5-3-12(4-6-13)10-18-17(22)19-8-1-2-15-14(11-19)7-9-23-15/h3-7,9H,1-2,8,10-11H2,(H,18,22)(H,20,21). The largest absolute Gasteiger partial charge is 0.478 e. The fraction of sp³-hybridized carbons (Fsp3) is 0.294. The molecule has 0 spiro atoms. The summed E-state index contributed by atoms with van der Waals surface area (Å²) in [7, 11) is 0. The summed E-state index contributed by atoms with van der Waals surface area (Å²) in [5, 5.41) is 11.7. The van der Waals surface area contributed by atoms with Crippen molar-refractivity contribution >= 4 is 12.0 Å². The van der Waals surface area contributed by atoms with Gasteiger partial charge in [0.2, 0.25) is 0 Å². The maximum Gasteiger partial charge on any atom is 0.335 e. The number of nitrogens with one attached hydrogen (secondary N) is 1. The molecule has 1 aliphatic rings. The Morgan fingerprint density at radius 1 is 1.22 bits per heavy atom. The lowest BCUT2D eigenvalue weighted by molar-refractivity contribution is 0.0697. The molecule has 23 heavy (non-hydrogen) atoms. The van der Waals surface area contributed by atoms with E-state index >= 15 is 0 Å². The van der Waals surface area contributed by atoms with Gasteiger partial charge >= 0.3 is 12.0 Å². The summed E-state index contributed by atoms with van der Waals surface area (Å²) in [5.41, 5.74) is 2.16. The number of furan rings is 1. The van der Waals surface area contributed by atoms with Gasteiger partial charge in [-0.2, -0.15) is 0 Å². The number of nitrogens with zero attached hydrogens (tertiary/aromatic N) is 1. The monoisotopic (exact) mass is 314 g/mol. The van der Waals surface area contributed by atoms with Gasteiger partial charge in [-0.05, 0) is 30.2 Å². The van der Waals surface area contributed by atoms with Crippen molar-refractivity contribution in [3.8, 4) is 0 Å². The number of hydrogen-bond acceptors (Lipinski definition) is 3. The van der Waals surface area contributed by atoms with Gasteiger partial charge in [-0.3, -0.25) is 0 Å². The molecule has 2 heterocycles. The molecule has 1 aliphatic heterocycles. The number of hydrogen-bond donors (Lipinski definition) is 2. The van der Waals surface area contributed by atoms with Crippen molar-refractivity contribution in [1.29, 1.82) is 0 Å². The van der Waals surface area contributed by atoms with Crippen molar-refractivity contribution in [1.82, 2.24) is 10.2 Å². The number of rotatable bonds is 3. The summed E-state index contributed by atoms with van der Waals surface area (Å²) in [6, 6.07) is 8.27. The van der Waals surface area contributed by atoms with Crippen LogP contribution in [-0.2, 0) is 19.5 Å². The first-order valence-corrected chi connectivity index (χ1v) is 7.54.